The topological polar surface area (TPSA) is 12.5 Å². The van der Waals surface area contributed by atoms with Crippen LogP contribution in [0.4, 0.5) is 17.1 Å². The number of fused-ring (bicyclic) bond motifs is 4. The van der Waals surface area contributed by atoms with Gasteiger partial charge in [-0.1, -0.05) is 134 Å². The normalized spacial score (nSPS) is 28.5. The summed E-state index contributed by atoms with van der Waals surface area (Å²) in [4.78, 5) is 2.73. The molecule has 0 amide bonds. The Labute approximate surface area is 348 Å². The van der Waals surface area contributed by atoms with Gasteiger partial charge in [0.1, 0.15) is 5.75 Å². The predicted octanol–water partition coefficient (Wildman–Crippen LogP) is 15.4. The summed E-state index contributed by atoms with van der Waals surface area (Å²) in [7, 11) is 0. The molecule has 4 bridgehead atoms. The summed E-state index contributed by atoms with van der Waals surface area (Å²) in [5.41, 5.74) is 15.4. The van der Waals surface area contributed by atoms with Gasteiger partial charge in [0, 0.05) is 16.5 Å². The Balaban J connectivity index is 1.28. The molecule has 4 fully saturated rings. The molecule has 0 N–H and O–H groups in total. The van der Waals surface area contributed by atoms with E-state index in [1.165, 1.54) is 107 Å². The number of hydrogen-bond acceptors (Lipinski definition) is 2. The van der Waals surface area contributed by atoms with Crippen molar-refractivity contribution < 1.29 is 4.74 Å². The number of anilines is 3. The minimum Gasteiger partial charge on any atom is -0.454 e. The molecule has 2 nitrogen and oxygen atoms in total. The fraction of sp³-hybridized carbons (Fsp3) is 0.464. The van der Waals surface area contributed by atoms with E-state index in [1.807, 2.05) is 0 Å². The van der Waals surface area contributed by atoms with Crippen LogP contribution in [0.1, 0.15) is 147 Å². The van der Waals surface area contributed by atoms with Crippen molar-refractivity contribution in [1.82, 2.24) is 0 Å². The van der Waals surface area contributed by atoms with Crippen molar-refractivity contribution in [3.8, 4) is 22.6 Å². The minimum atomic E-state index is -0.0980. The van der Waals surface area contributed by atoms with E-state index in [-0.39, 0.29) is 27.1 Å². The van der Waals surface area contributed by atoms with Crippen LogP contribution < -0.4 is 9.64 Å². The molecule has 7 aliphatic rings. The third-order valence-electron chi connectivity index (χ3n) is 17.0. The molecule has 298 valence electrons. The molecule has 58 heavy (non-hydrogen) atoms. The van der Waals surface area contributed by atoms with Crippen molar-refractivity contribution in [2.24, 2.45) is 23.7 Å². The summed E-state index contributed by atoms with van der Waals surface area (Å²) >= 11 is 0. The zero-order valence-corrected chi connectivity index (χ0v) is 36.3. The Morgan fingerprint density at radius 1 is 0.448 bits per heavy atom. The SMILES string of the molecule is CC1(C)CCC(C)(C)c2c(N(c3ccc(-c4ccccc4)c4c3Oc3ccccc3C43C4CC5CC(C4)CC3C5)c3cccc4c3C(C)(C)CCC4(C)C)cccc21. The molecule has 0 aromatic heterocycles. The van der Waals surface area contributed by atoms with E-state index >= 15 is 0 Å². The van der Waals surface area contributed by atoms with Crippen LogP contribution in [0.5, 0.6) is 11.5 Å². The fourth-order valence-electron chi connectivity index (χ4n) is 14.2. The van der Waals surface area contributed by atoms with E-state index in [2.05, 4.69) is 163 Å². The lowest BCUT2D eigenvalue weighted by molar-refractivity contribution is -0.0449. The number of benzene rings is 5. The second-order valence-corrected chi connectivity index (χ2v) is 22.2. The summed E-state index contributed by atoms with van der Waals surface area (Å²) in [5.74, 6) is 5.08. The van der Waals surface area contributed by atoms with Crippen LogP contribution in [-0.2, 0) is 27.1 Å². The number of hydrogen-bond donors (Lipinski definition) is 0. The average molecular weight is 766 g/mol. The van der Waals surface area contributed by atoms with Gasteiger partial charge in [0.15, 0.2) is 5.75 Å². The highest BCUT2D eigenvalue weighted by Crippen LogP contribution is 2.71. The number of nitrogens with zero attached hydrogens (tertiary/aromatic N) is 1. The first-order valence-corrected chi connectivity index (χ1v) is 22.8. The van der Waals surface area contributed by atoms with Gasteiger partial charge >= 0.3 is 0 Å². The highest BCUT2D eigenvalue weighted by Gasteiger charge is 2.62. The molecule has 4 saturated carbocycles. The molecule has 1 aliphatic heterocycles. The van der Waals surface area contributed by atoms with Gasteiger partial charge in [0.2, 0.25) is 0 Å². The fourth-order valence-corrected chi connectivity index (χ4v) is 14.2. The Kier molecular flexibility index (Phi) is 7.84. The van der Waals surface area contributed by atoms with Gasteiger partial charge in [-0.3, -0.25) is 0 Å². The molecule has 6 aliphatic carbocycles. The third-order valence-corrected chi connectivity index (χ3v) is 17.0. The zero-order valence-electron chi connectivity index (χ0n) is 36.3. The molecule has 0 atom stereocenters. The molecule has 5 aromatic carbocycles. The molecular weight excluding hydrogens is 703 g/mol. The van der Waals surface area contributed by atoms with Gasteiger partial charge in [-0.25, -0.2) is 0 Å². The van der Waals surface area contributed by atoms with E-state index in [4.69, 9.17) is 4.74 Å². The predicted molar refractivity (Wildman–Crippen MR) is 241 cm³/mol. The van der Waals surface area contributed by atoms with Crippen molar-refractivity contribution in [1.29, 1.82) is 0 Å². The lowest BCUT2D eigenvalue weighted by Crippen LogP contribution is -2.57. The second-order valence-electron chi connectivity index (χ2n) is 22.2. The molecule has 12 rings (SSSR count). The average Bonchev–Trinajstić information content (AvgIpc) is 3.20. The maximum atomic E-state index is 7.66. The third kappa shape index (κ3) is 5.08. The van der Waals surface area contributed by atoms with Crippen molar-refractivity contribution >= 4 is 17.1 Å². The number of para-hydroxylation sites is 1. The van der Waals surface area contributed by atoms with Crippen molar-refractivity contribution in [3.63, 3.8) is 0 Å². The Bertz CT molecular complexity index is 2350. The van der Waals surface area contributed by atoms with E-state index < -0.39 is 0 Å². The van der Waals surface area contributed by atoms with Crippen molar-refractivity contribution in [2.45, 2.75) is 140 Å². The molecule has 1 heterocycles. The van der Waals surface area contributed by atoms with Crippen LogP contribution in [-0.4, -0.2) is 0 Å². The first kappa shape index (κ1) is 36.8. The summed E-state index contributed by atoms with van der Waals surface area (Å²) in [5, 5.41) is 0. The van der Waals surface area contributed by atoms with Crippen molar-refractivity contribution in [3.05, 3.63) is 137 Å². The number of rotatable bonds is 4. The van der Waals surface area contributed by atoms with Gasteiger partial charge in [-0.2, -0.15) is 0 Å². The standard InChI is InChI=1S/C56H63NO/c1-52(2)26-28-54(5,6)49-42(52)19-14-21-44(49)57(45-22-15-20-43-50(45)55(7,8)29-27-53(43,3)4)46-25-24-40(37-16-10-9-11-17-37)48-51(46)58-47-23-13-12-18-41(47)56(48)38-31-35-30-36(33-38)34-39(56)32-35/h9-25,35-36,38-39H,26-34H2,1-8H3. The quantitative estimate of drug-likeness (QED) is 0.181. The molecule has 5 aromatic rings. The zero-order chi connectivity index (χ0) is 40.0. The lowest BCUT2D eigenvalue weighted by atomic mass is 9.41. The first-order chi connectivity index (χ1) is 27.7. The van der Waals surface area contributed by atoms with Crippen LogP contribution in [0, 0.1) is 23.7 Å². The largest absolute Gasteiger partial charge is 0.454 e. The Morgan fingerprint density at radius 2 is 0.948 bits per heavy atom. The second kappa shape index (κ2) is 12.4. The Morgan fingerprint density at radius 3 is 1.52 bits per heavy atom. The minimum absolute atomic E-state index is 0.00344. The van der Waals surface area contributed by atoms with Gasteiger partial charge in [0.05, 0.1) is 17.1 Å². The van der Waals surface area contributed by atoms with Gasteiger partial charge in [0.25, 0.3) is 0 Å². The Hall–Kier alpha value is -4.30. The molecule has 1 spiro atoms. The molecule has 0 saturated heterocycles. The highest BCUT2D eigenvalue weighted by atomic mass is 16.5. The van der Waals surface area contributed by atoms with Crippen molar-refractivity contribution in [2.75, 3.05) is 4.90 Å². The summed E-state index contributed by atoms with van der Waals surface area (Å²) in [6.45, 7) is 19.9. The van der Waals surface area contributed by atoms with Gasteiger partial charge in [-0.05, 0) is 161 Å². The lowest BCUT2D eigenvalue weighted by Gasteiger charge is -2.63. The molecule has 2 heteroatoms. The number of ether oxygens (including phenoxy) is 1. The maximum absolute atomic E-state index is 7.66. The smallest absolute Gasteiger partial charge is 0.156 e. The molecule has 0 radical (unpaired) electrons. The van der Waals surface area contributed by atoms with E-state index in [9.17, 15) is 0 Å². The summed E-state index contributed by atoms with van der Waals surface area (Å²) in [6, 6.07) is 40.0. The van der Waals surface area contributed by atoms with Crippen LogP contribution in [0.25, 0.3) is 11.1 Å². The maximum Gasteiger partial charge on any atom is 0.156 e. The first-order valence-electron chi connectivity index (χ1n) is 22.8. The van der Waals surface area contributed by atoms with E-state index in [0.29, 0.717) is 11.8 Å². The van der Waals surface area contributed by atoms with E-state index in [0.717, 1.165) is 36.2 Å². The highest BCUT2D eigenvalue weighted by molar-refractivity contribution is 5.91. The summed E-state index contributed by atoms with van der Waals surface area (Å²) < 4.78 is 7.66. The van der Waals surface area contributed by atoms with Crippen LogP contribution in [0.15, 0.2) is 103 Å². The van der Waals surface area contributed by atoms with Crippen LogP contribution >= 0.6 is 0 Å². The monoisotopic (exact) mass is 765 g/mol. The summed E-state index contributed by atoms with van der Waals surface area (Å²) in [6.07, 6.45) is 11.4. The molecule has 0 unspecified atom stereocenters. The van der Waals surface area contributed by atoms with Crippen LogP contribution in [0.3, 0.4) is 0 Å². The van der Waals surface area contributed by atoms with Crippen LogP contribution in [0.2, 0.25) is 0 Å². The molecular formula is C56H63NO. The van der Waals surface area contributed by atoms with Gasteiger partial charge in [-0.15, -0.1) is 0 Å². The van der Waals surface area contributed by atoms with Gasteiger partial charge < -0.3 is 9.64 Å². The van der Waals surface area contributed by atoms with E-state index in [1.54, 1.807) is 0 Å².